The van der Waals surface area contributed by atoms with E-state index in [9.17, 15) is 4.39 Å². The average molecular weight is 416 g/mol. The maximum Gasteiger partial charge on any atom is 0.163 e. The minimum Gasteiger partial charge on any atom is -0.340 e. The van der Waals surface area contributed by atoms with Crippen LogP contribution in [-0.2, 0) is 0 Å². The first-order valence-corrected chi connectivity index (χ1v) is 9.49. The second-order valence-electron chi connectivity index (χ2n) is 6.43. The number of rotatable bonds is 5. The highest BCUT2D eigenvalue weighted by Crippen LogP contribution is 2.29. The van der Waals surface area contributed by atoms with Crippen molar-refractivity contribution >= 4 is 40.1 Å². The Morgan fingerprint density at radius 2 is 2.03 bits per heavy atom. The van der Waals surface area contributed by atoms with Crippen molar-refractivity contribution in [3.05, 3.63) is 83.4 Å². The van der Waals surface area contributed by atoms with E-state index in [2.05, 4.69) is 26.3 Å². The summed E-state index contributed by atoms with van der Waals surface area (Å²) in [6, 6.07) is 15.9. The van der Waals surface area contributed by atoms with Crippen LogP contribution >= 0.6 is 11.6 Å². The van der Waals surface area contributed by atoms with E-state index in [0.29, 0.717) is 23.8 Å². The van der Waals surface area contributed by atoms with Crippen LogP contribution in [0.2, 0.25) is 5.02 Å². The van der Waals surface area contributed by atoms with Gasteiger partial charge in [-0.2, -0.15) is 5.26 Å². The predicted molar refractivity (Wildman–Crippen MR) is 117 cm³/mol. The lowest BCUT2D eigenvalue weighted by molar-refractivity contribution is 0.628. The monoisotopic (exact) mass is 415 g/mol. The Bertz CT molecular complexity index is 1280. The van der Waals surface area contributed by atoms with Crippen LogP contribution in [0.15, 0.2) is 67.0 Å². The Morgan fingerprint density at radius 1 is 1.13 bits per heavy atom. The number of hydrogen-bond acceptors (Lipinski definition) is 5. The molecule has 0 saturated heterocycles. The van der Waals surface area contributed by atoms with Gasteiger partial charge in [0, 0.05) is 29.0 Å². The summed E-state index contributed by atoms with van der Waals surface area (Å²) in [6.45, 7) is 0. The third-order valence-corrected chi connectivity index (χ3v) is 4.63. The lowest BCUT2D eigenvalue weighted by Gasteiger charge is -2.12. The van der Waals surface area contributed by atoms with Gasteiger partial charge in [-0.15, -0.1) is 0 Å². The number of nitrogens with zero attached hydrogens (tertiary/aromatic N) is 4. The zero-order valence-corrected chi connectivity index (χ0v) is 16.4. The van der Waals surface area contributed by atoms with Gasteiger partial charge in [0.05, 0.1) is 23.0 Å². The van der Waals surface area contributed by atoms with Crippen molar-refractivity contribution < 1.29 is 4.39 Å². The molecule has 2 heterocycles. The summed E-state index contributed by atoms with van der Waals surface area (Å²) < 4.78 is 13.6. The smallest absolute Gasteiger partial charge is 0.163 e. The molecule has 7 heteroatoms. The van der Waals surface area contributed by atoms with Crippen molar-refractivity contribution in [2.75, 3.05) is 5.32 Å². The molecule has 0 radical (unpaired) electrons. The summed E-state index contributed by atoms with van der Waals surface area (Å²) >= 11 is 5.93. The molecule has 0 saturated carbocycles. The van der Waals surface area contributed by atoms with Gasteiger partial charge in [-0.3, -0.25) is 4.98 Å². The molecular weight excluding hydrogens is 401 g/mol. The molecule has 30 heavy (non-hydrogen) atoms. The molecule has 5 nitrogen and oxygen atoms in total. The first kappa shape index (κ1) is 19.5. The van der Waals surface area contributed by atoms with Crippen LogP contribution in [0, 0.1) is 17.1 Å². The first-order chi connectivity index (χ1) is 14.6. The Kier molecular flexibility index (Phi) is 5.64. The highest BCUT2D eigenvalue weighted by atomic mass is 35.5. The Balaban J connectivity index is 1.84. The number of anilines is 2. The molecule has 2 aromatic carbocycles. The van der Waals surface area contributed by atoms with Crippen molar-refractivity contribution in [1.82, 2.24) is 15.0 Å². The maximum absolute atomic E-state index is 13.6. The van der Waals surface area contributed by atoms with Crippen molar-refractivity contribution in [2.45, 2.75) is 6.42 Å². The van der Waals surface area contributed by atoms with E-state index in [1.165, 1.54) is 12.1 Å². The highest BCUT2D eigenvalue weighted by molar-refractivity contribution is 6.31. The summed E-state index contributed by atoms with van der Waals surface area (Å²) in [7, 11) is 0. The molecule has 0 atom stereocenters. The molecule has 146 valence electrons. The van der Waals surface area contributed by atoms with E-state index in [-0.39, 0.29) is 5.02 Å². The minimum atomic E-state index is -0.490. The third kappa shape index (κ3) is 4.27. The summed E-state index contributed by atoms with van der Waals surface area (Å²) in [4.78, 5) is 13.5. The number of fused-ring (bicyclic) bond motifs is 1. The van der Waals surface area contributed by atoms with Gasteiger partial charge < -0.3 is 5.32 Å². The van der Waals surface area contributed by atoms with E-state index in [0.717, 1.165) is 22.0 Å². The summed E-state index contributed by atoms with van der Waals surface area (Å²) in [5, 5.41) is 12.8. The lowest BCUT2D eigenvalue weighted by atomic mass is 10.1. The quantitative estimate of drug-likeness (QED) is 0.422. The zero-order chi connectivity index (χ0) is 20.9. The number of hydrogen-bond donors (Lipinski definition) is 1. The van der Waals surface area contributed by atoms with E-state index in [4.69, 9.17) is 16.9 Å². The van der Waals surface area contributed by atoms with E-state index in [1.54, 1.807) is 24.5 Å². The Morgan fingerprint density at radius 3 is 2.80 bits per heavy atom. The average Bonchev–Trinajstić information content (AvgIpc) is 2.77. The van der Waals surface area contributed by atoms with E-state index >= 15 is 0 Å². The number of allylic oxidation sites excluding steroid dienone is 1. The summed E-state index contributed by atoms with van der Waals surface area (Å²) in [5.41, 5.74) is 3.02. The number of nitriles is 1. The topological polar surface area (TPSA) is 74.5 Å². The Labute approximate surface area is 177 Å². The van der Waals surface area contributed by atoms with Crippen molar-refractivity contribution in [1.29, 1.82) is 5.26 Å². The van der Waals surface area contributed by atoms with Gasteiger partial charge in [0.2, 0.25) is 0 Å². The third-order valence-electron chi connectivity index (χ3n) is 4.34. The molecule has 0 amide bonds. The second-order valence-corrected chi connectivity index (χ2v) is 6.84. The minimum absolute atomic E-state index is 0.0194. The molecule has 4 aromatic rings. The van der Waals surface area contributed by atoms with Gasteiger partial charge in [-0.25, -0.2) is 14.4 Å². The van der Waals surface area contributed by atoms with Crippen LogP contribution in [0.1, 0.15) is 12.0 Å². The maximum atomic E-state index is 13.6. The van der Waals surface area contributed by atoms with Crippen LogP contribution in [0.25, 0.3) is 28.4 Å². The van der Waals surface area contributed by atoms with Crippen molar-refractivity contribution in [2.24, 2.45) is 0 Å². The number of halogens is 2. The summed E-state index contributed by atoms with van der Waals surface area (Å²) in [6.07, 6.45) is 7.37. The fourth-order valence-electron chi connectivity index (χ4n) is 2.93. The highest BCUT2D eigenvalue weighted by Gasteiger charge is 2.11. The molecule has 1 N–H and O–H groups in total. The lowest BCUT2D eigenvalue weighted by Crippen LogP contribution is -2.00. The van der Waals surface area contributed by atoms with Gasteiger partial charge in [-0.05, 0) is 48.0 Å². The van der Waals surface area contributed by atoms with Gasteiger partial charge in [0.1, 0.15) is 11.6 Å². The first-order valence-electron chi connectivity index (χ1n) is 9.12. The van der Waals surface area contributed by atoms with Crippen LogP contribution in [0.5, 0.6) is 0 Å². The van der Waals surface area contributed by atoms with Gasteiger partial charge in [0.25, 0.3) is 0 Å². The zero-order valence-electron chi connectivity index (χ0n) is 15.7. The normalized spacial score (nSPS) is 11.0. The Hall–Kier alpha value is -3.82. The predicted octanol–water partition coefficient (Wildman–Crippen LogP) is 6.15. The number of aromatic nitrogens is 3. The molecule has 0 spiro atoms. The van der Waals surface area contributed by atoms with Crippen molar-refractivity contribution in [3.8, 4) is 17.5 Å². The summed E-state index contributed by atoms with van der Waals surface area (Å²) in [5.74, 6) is 0.576. The molecule has 0 fully saturated rings. The molecule has 2 aromatic heterocycles. The van der Waals surface area contributed by atoms with Crippen molar-refractivity contribution in [3.63, 3.8) is 0 Å². The molecule has 0 unspecified atom stereocenters. The van der Waals surface area contributed by atoms with Gasteiger partial charge in [0.15, 0.2) is 5.82 Å². The van der Waals surface area contributed by atoms with Gasteiger partial charge >= 0.3 is 0 Å². The second kappa shape index (κ2) is 8.68. The van der Waals surface area contributed by atoms with Gasteiger partial charge in [-0.1, -0.05) is 29.8 Å². The fourth-order valence-corrected chi connectivity index (χ4v) is 3.11. The molecule has 0 bridgehead atoms. The molecular formula is C23H15ClFN5. The largest absolute Gasteiger partial charge is 0.340 e. The number of pyridine rings is 1. The molecule has 4 rings (SSSR count). The standard InChI is InChI=1S/C23H15ClFN5/c24-19-13-17(7-8-20(19)25)28-23-18-12-15(4-1-2-10-26)6-9-21(18)29-22(30-23)16-5-3-11-27-14-16/h1,3-9,11-14H,2H2,(H,28,29,30). The van der Waals surface area contributed by atoms with Crippen LogP contribution in [0.4, 0.5) is 15.9 Å². The molecule has 0 aliphatic rings. The fraction of sp³-hybridized carbons (Fsp3) is 0.0435. The van der Waals surface area contributed by atoms with Crippen LogP contribution in [0.3, 0.4) is 0 Å². The van der Waals surface area contributed by atoms with Crippen LogP contribution < -0.4 is 5.32 Å². The number of nitrogens with one attached hydrogen (secondary N) is 1. The molecule has 0 aliphatic heterocycles. The number of benzene rings is 2. The van der Waals surface area contributed by atoms with E-state index in [1.807, 2.05) is 36.4 Å². The SMILES string of the molecule is N#CCC=Cc1ccc2nc(-c3cccnc3)nc(Nc3ccc(F)c(Cl)c3)c2c1. The van der Waals surface area contributed by atoms with E-state index < -0.39 is 5.82 Å². The molecule has 0 aliphatic carbocycles. The van der Waals surface area contributed by atoms with Crippen LogP contribution in [-0.4, -0.2) is 15.0 Å².